The number of amides is 1. The normalized spacial score (nSPS) is 14.0. The van der Waals surface area contributed by atoms with Crippen LogP contribution in [0.25, 0.3) is 0 Å². The number of hydrogen-bond acceptors (Lipinski definition) is 5. The fourth-order valence-electron chi connectivity index (χ4n) is 2.00. The van der Waals surface area contributed by atoms with Crippen molar-refractivity contribution in [2.75, 3.05) is 17.2 Å². The molecule has 0 aromatic carbocycles. The molecule has 1 amide bonds. The number of nitrogens with one attached hydrogen (secondary N) is 2. The molecule has 0 unspecified atom stereocenters. The molecule has 0 aliphatic heterocycles. The molecule has 0 spiro atoms. The van der Waals surface area contributed by atoms with Gasteiger partial charge >= 0.3 is 0 Å². The lowest BCUT2D eigenvalue weighted by molar-refractivity contribution is 0.102. The first-order chi connectivity index (χ1) is 10.3. The molecule has 0 radical (unpaired) electrons. The third-order valence-corrected chi connectivity index (χ3v) is 4.09. The minimum atomic E-state index is -0.145. The molecule has 1 aliphatic carbocycles. The Labute approximate surface area is 127 Å². The van der Waals surface area contributed by atoms with Crippen LogP contribution in [0.1, 0.15) is 48.2 Å². The van der Waals surface area contributed by atoms with Crippen LogP contribution in [-0.2, 0) is 0 Å². The second kappa shape index (κ2) is 6.22. The molecule has 21 heavy (non-hydrogen) atoms. The van der Waals surface area contributed by atoms with Crippen molar-refractivity contribution in [3.05, 3.63) is 35.0 Å². The van der Waals surface area contributed by atoms with E-state index in [0.717, 1.165) is 24.5 Å². The zero-order chi connectivity index (χ0) is 14.7. The molecule has 0 saturated heterocycles. The predicted molar refractivity (Wildman–Crippen MR) is 85.1 cm³/mol. The summed E-state index contributed by atoms with van der Waals surface area (Å²) < 4.78 is 0. The van der Waals surface area contributed by atoms with Gasteiger partial charge in [0.25, 0.3) is 5.91 Å². The van der Waals surface area contributed by atoms with Gasteiger partial charge in [-0.15, -0.1) is 11.3 Å². The number of nitrogens with zero attached hydrogens (tertiary/aromatic N) is 2. The maximum Gasteiger partial charge on any atom is 0.257 e. The molecule has 1 aliphatic rings. The van der Waals surface area contributed by atoms with Crippen molar-refractivity contribution in [2.45, 2.75) is 32.1 Å². The Hall–Kier alpha value is -1.95. The second-order valence-electron chi connectivity index (χ2n) is 5.16. The van der Waals surface area contributed by atoms with E-state index < -0.39 is 0 Å². The van der Waals surface area contributed by atoms with Crippen LogP contribution < -0.4 is 10.6 Å². The number of rotatable bonds is 6. The van der Waals surface area contributed by atoms with E-state index in [2.05, 4.69) is 27.5 Å². The fourth-order valence-corrected chi connectivity index (χ4v) is 2.79. The number of aromatic nitrogens is 2. The number of thiazole rings is 1. The number of carbonyl (C=O) groups excluding carboxylic acids is 1. The van der Waals surface area contributed by atoms with Gasteiger partial charge in [-0.2, -0.15) is 0 Å². The van der Waals surface area contributed by atoms with Gasteiger partial charge in [0, 0.05) is 29.6 Å². The van der Waals surface area contributed by atoms with E-state index >= 15 is 0 Å². The molecule has 6 heteroatoms. The van der Waals surface area contributed by atoms with Gasteiger partial charge in [0.15, 0.2) is 5.13 Å². The first-order valence-corrected chi connectivity index (χ1v) is 8.11. The quantitative estimate of drug-likeness (QED) is 0.857. The van der Waals surface area contributed by atoms with Crippen molar-refractivity contribution in [1.82, 2.24) is 9.97 Å². The van der Waals surface area contributed by atoms with Crippen molar-refractivity contribution in [1.29, 1.82) is 0 Å². The Kier molecular flexibility index (Phi) is 4.15. The van der Waals surface area contributed by atoms with Crippen LogP contribution in [0.4, 0.5) is 10.9 Å². The lowest BCUT2D eigenvalue weighted by Gasteiger charge is -2.06. The highest BCUT2D eigenvalue weighted by molar-refractivity contribution is 7.14. The van der Waals surface area contributed by atoms with E-state index in [1.807, 2.05) is 5.38 Å². The Morgan fingerprint density at radius 2 is 2.33 bits per heavy atom. The first kappa shape index (κ1) is 14.0. The summed E-state index contributed by atoms with van der Waals surface area (Å²) in [4.78, 5) is 20.9. The molecule has 2 heterocycles. The highest BCUT2D eigenvalue weighted by Gasteiger charge is 2.26. The van der Waals surface area contributed by atoms with Crippen LogP contribution in [-0.4, -0.2) is 22.4 Å². The van der Waals surface area contributed by atoms with Crippen LogP contribution in [0, 0.1) is 0 Å². The third-order valence-electron chi connectivity index (χ3n) is 3.32. The van der Waals surface area contributed by atoms with Gasteiger partial charge in [0.05, 0.1) is 5.69 Å². The second-order valence-corrected chi connectivity index (χ2v) is 6.02. The lowest BCUT2D eigenvalue weighted by atomic mass is 10.2. The topological polar surface area (TPSA) is 66.9 Å². The first-order valence-electron chi connectivity index (χ1n) is 7.23. The summed E-state index contributed by atoms with van der Waals surface area (Å²) in [7, 11) is 0. The van der Waals surface area contributed by atoms with E-state index in [-0.39, 0.29) is 5.91 Å². The molecular weight excluding hydrogens is 284 g/mol. The van der Waals surface area contributed by atoms with Crippen molar-refractivity contribution in [3.63, 3.8) is 0 Å². The van der Waals surface area contributed by atoms with Crippen molar-refractivity contribution in [2.24, 2.45) is 0 Å². The molecule has 2 aromatic heterocycles. The fraction of sp³-hybridized carbons (Fsp3) is 0.400. The molecule has 5 nitrogen and oxygen atoms in total. The molecule has 2 N–H and O–H groups in total. The standard InChI is InChI=1S/C15H18N4OS/c1-2-6-16-13-8-11(5-7-17-13)14(20)19-15-18-12(9-21-15)10-3-4-10/h5,7-10H,2-4,6H2,1H3,(H,16,17)(H,18,19,20). The highest BCUT2D eigenvalue weighted by atomic mass is 32.1. The predicted octanol–water partition coefficient (Wildman–Crippen LogP) is 3.49. The molecule has 3 rings (SSSR count). The zero-order valence-corrected chi connectivity index (χ0v) is 12.7. The maximum absolute atomic E-state index is 12.2. The van der Waals surface area contributed by atoms with Crippen molar-refractivity contribution in [3.8, 4) is 0 Å². The van der Waals surface area contributed by atoms with Crippen molar-refractivity contribution >= 4 is 28.2 Å². The van der Waals surface area contributed by atoms with Gasteiger partial charge in [-0.3, -0.25) is 10.1 Å². The van der Waals surface area contributed by atoms with Gasteiger partial charge in [0.2, 0.25) is 0 Å². The summed E-state index contributed by atoms with van der Waals surface area (Å²) in [5.74, 6) is 1.19. The van der Waals surface area contributed by atoms with Crippen LogP contribution in [0.2, 0.25) is 0 Å². The maximum atomic E-state index is 12.2. The number of hydrogen-bond donors (Lipinski definition) is 2. The average molecular weight is 302 g/mol. The van der Waals surface area contributed by atoms with Crippen LogP contribution in [0.3, 0.4) is 0 Å². The SMILES string of the molecule is CCCNc1cc(C(=O)Nc2nc(C3CC3)cs2)ccn1. The molecule has 1 fully saturated rings. The summed E-state index contributed by atoms with van der Waals surface area (Å²) in [6, 6.07) is 3.47. The minimum absolute atomic E-state index is 0.145. The van der Waals surface area contributed by atoms with E-state index in [4.69, 9.17) is 0 Å². The van der Waals surface area contributed by atoms with E-state index in [1.165, 1.54) is 24.2 Å². The molecule has 1 saturated carbocycles. The largest absolute Gasteiger partial charge is 0.370 e. The number of carbonyl (C=O) groups is 1. The lowest BCUT2D eigenvalue weighted by Crippen LogP contribution is -2.13. The summed E-state index contributed by atoms with van der Waals surface area (Å²) in [6.07, 6.45) is 5.09. The van der Waals surface area contributed by atoms with E-state index in [9.17, 15) is 4.79 Å². The Morgan fingerprint density at radius 1 is 1.48 bits per heavy atom. The van der Waals surface area contributed by atoms with E-state index in [1.54, 1.807) is 18.3 Å². The van der Waals surface area contributed by atoms with Crippen LogP contribution in [0.5, 0.6) is 0 Å². The summed E-state index contributed by atoms with van der Waals surface area (Å²) in [6.45, 7) is 2.93. The number of pyridine rings is 1. The Bertz CT molecular complexity index is 636. The summed E-state index contributed by atoms with van der Waals surface area (Å²) >= 11 is 1.48. The van der Waals surface area contributed by atoms with Gasteiger partial charge in [0.1, 0.15) is 5.82 Å². The monoisotopic (exact) mass is 302 g/mol. The Morgan fingerprint density at radius 3 is 3.10 bits per heavy atom. The molecular formula is C15H18N4OS. The number of anilines is 2. The molecule has 0 atom stereocenters. The van der Waals surface area contributed by atoms with Crippen LogP contribution >= 0.6 is 11.3 Å². The summed E-state index contributed by atoms with van der Waals surface area (Å²) in [5.41, 5.74) is 1.70. The molecule has 110 valence electrons. The zero-order valence-electron chi connectivity index (χ0n) is 11.9. The Balaban J connectivity index is 1.66. The van der Waals surface area contributed by atoms with E-state index in [0.29, 0.717) is 16.6 Å². The van der Waals surface area contributed by atoms with Crippen LogP contribution in [0.15, 0.2) is 23.7 Å². The van der Waals surface area contributed by atoms with Gasteiger partial charge in [-0.1, -0.05) is 6.92 Å². The van der Waals surface area contributed by atoms with Gasteiger partial charge < -0.3 is 5.32 Å². The summed E-state index contributed by atoms with van der Waals surface area (Å²) in [5, 5.41) is 8.74. The highest BCUT2D eigenvalue weighted by Crippen LogP contribution is 2.40. The molecule has 0 bridgehead atoms. The molecule has 2 aromatic rings. The van der Waals surface area contributed by atoms with Gasteiger partial charge in [-0.05, 0) is 31.4 Å². The smallest absolute Gasteiger partial charge is 0.257 e. The minimum Gasteiger partial charge on any atom is -0.370 e. The third kappa shape index (κ3) is 3.58. The average Bonchev–Trinajstić information content (AvgIpc) is 3.26. The van der Waals surface area contributed by atoms with Crippen molar-refractivity contribution < 1.29 is 4.79 Å². The van der Waals surface area contributed by atoms with Gasteiger partial charge in [-0.25, -0.2) is 9.97 Å².